The molecule has 0 atom stereocenters. The number of halogens is 1. The normalized spacial score (nSPS) is 24.6. The highest BCUT2D eigenvalue weighted by molar-refractivity contribution is 5.36. The van der Waals surface area contributed by atoms with Crippen LogP contribution in [-0.4, -0.2) is 4.92 Å². The van der Waals surface area contributed by atoms with E-state index in [9.17, 15) is 14.5 Å². The molecule has 0 spiro atoms. The molecule has 0 aliphatic heterocycles. The Morgan fingerprint density at radius 2 is 1.94 bits per heavy atom. The molecule has 17 heavy (non-hydrogen) atoms. The third-order valence-electron chi connectivity index (χ3n) is 3.65. The fourth-order valence-corrected chi connectivity index (χ4v) is 2.53. The highest BCUT2D eigenvalue weighted by Crippen LogP contribution is 2.37. The maximum absolute atomic E-state index is 13.8. The second kappa shape index (κ2) is 4.82. The molecule has 1 saturated carbocycles. The zero-order chi connectivity index (χ0) is 12.4. The van der Waals surface area contributed by atoms with E-state index in [1.54, 1.807) is 6.07 Å². The molecule has 0 heterocycles. The van der Waals surface area contributed by atoms with Gasteiger partial charge in [-0.25, -0.2) is 4.39 Å². The van der Waals surface area contributed by atoms with Gasteiger partial charge in [0.1, 0.15) is 5.82 Å². The van der Waals surface area contributed by atoms with Crippen molar-refractivity contribution in [3.8, 4) is 0 Å². The molecule has 0 aromatic heterocycles. The largest absolute Gasteiger partial charge is 0.272 e. The zero-order valence-electron chi connectivity index (χ0n) is 9.86. The van der Waals surface area contributed by atoms with Crippen molar-refractivity contribution >= 4 is 5.69 Å². The highest BCUT2D eigenvalue weighted by Gasteiger charge is 2.23. The maximum atomic E-state index is 13.8. The van der Waals surface area contributed by atoms with Crippen LogP contribution in [0.15, 0.2) is 18.2 Å². The smallest absolute Gasteiger partial charge is 0.258 e. The van der Waals surface area contributed by atoms with E-state index in [0.29, 0.717) is 11.5 Å². The average molecular weight is 237 g/mol. The maximum Gasteiger partial charge on any atom is 0.272 e. The lowest BCUT2D eigenvalue weighted by atomic mass is 9.79. The number of non-ortho nitro benzene ring substituents is 1. The molecule has 2 rings (SSSR count). The van der Waals surface area contributed by atoms with Gasteiger partial charge in [0.2, 0.25) is 0 Å². The van der Waals surface area contributed by atoms with E-state index >= 15 is 0 Å². The number of hydrogen-bond acceptors (Lipinski definition) is 2. The van der Waals surface area contributed by atoms with E-state index in [1.807, 2.05) is 0 Å². The monoisotopic (exact) mass is 237 g/mol. The van der Waals surface area contributed by atoms with Crippen molar-refractivity contribution in [1.82, 2.24) is 0 Å². The van der Waals surface area contributed by atoms with Crippen molar-refractivity contribution in [2.45, 2.75) is 38.5 Å². The van der Waals surface area contributed by atoms with E-state index in [4.69, 9.17) is 0 Å². The molecule has 1 fully saturated rings. The molecule has 4 heteroatoms. The Morgan fingerprint density at radius 3 is 2.47 bits per heavy atom. The molecule has 1 aliphatic carbocycles. The first kappa shape index (κ1) is 12.0. The van der Waals surface area contributed by atoms with Crippen LogP contribution in [0.4, 0.5) is 10.1 Å². The van der Waals surface area contributed by atoms with Crippen LogP contribution >= 0.6 is 0 Å². The number of benzene rings is 1. The van der Waals surface area contributed by atoms with Crippen molar-refractivity contribution in [2.24, 2.45) is 5.92 Å². The van der Waals surface area contributed by atoms with Crippen molar-refractivity contribution in [3.63, 3.8) is 0 Å². The van der Waals surface area contributed by atoms with Gasteiger partial charge >= 0.3 is 0 Å². The number of hydrogen-bond donors (Lipinski definition) is 0. The minimum Gasteiger partial charge on any atom is -0.258 e. The first-order chi connectivity index (χ1) is 8.08. The lowest BCUT2D eigenvalue weighted by Gasteiger charge is -2.26. The van der Waals surface area contributed by atoms with Gasteiger partial charge in [-0.15, -0.1) is 0 Å². The van der Waals surface area contributed by atoms with Crippen LogP contribution in [0.25, 0.3) is 0 Å². The van der Waals surface area contributed by atoms with Crippen LogP contribution in [0.2, 0.25) is 0 Å². The number of nitro groups is 1. The summed E-state index contributed by atoms with van der Waals surface area (Å²) >= 11 is 0. The van der Waals surface area contributed by atoms with E-state index in [0.717, 1.165) is 31.7 Å². The Balaban J connectivity index is 2.19. The Bertz CT molecular complexity index is 425. The van der Waals surface area contributed by atoms with Crippen molar-refractivity contribution in [1.29, 1.82) is 0 Å². The number of nitrogens with zero attached hydrogens (tertiary/aromatic N) is 1. The van der Waals surface area contributed by atoms with Crippen LogP contribution in [0, 0.1) is 21.8 Å². The fourth-order valence-electron chi connectivity index (χ4n) is 2.53. The Hall–Kier alpha value is -1.45. The molecule has 1 aromatic rings. The minimum absolute atomic E-state index is 0.171. The summed E-state index contributed by atoms with van der Waals surface area (Å²) in [5.41, 5.74) is 0.470. The summed E-state index contributed by atoms with van der Waals surface area (Å²) in [7, 11) is 0. The van der Waals surface area contributed by atoms with E-state index in [1.165, 1.54) is 6.07 Å². The van der Waals surface area contributed by atoms with Crippen LogP contribution in [-0.2, 0) is 0 Å². The molecule has 0 saturated heterocycles. The van der Waals surface area contributed by atoms with E-state index in [-0.39, 0.29) is 11.6 Å². The van der Waals surface area contributed by atoms with Gasteiger partial charge in [-0.2, -0.15) is 0 Å². The van der Waals surface area contributed by atoms with Crippen molar-refractivity contribution < 1.29 is 9.31 Å². The summed E-state index contributed by atoms with van der Waals surface area (Å²) in [5.74, 6) is 0.512. The summed E-state index contributed by atoms with van der Waals surface area (Å²) in [6.07, 6.45) is 4.19. The molecule has 92 valence electrons. The van der Waals surface area contributed by atoms with E-state index < -0.39 is 10.7 Å². The van der Waals surface area contributed by atoms with Crippen LogP contribution in [0.5, 0.6) is 0 Å². The van der Waals surface area contributed by atoms with Gasteiger partial charge in [0.15, 0.2) is 0 Å². The summed E-state index contributed by atoms with van der Waals surface area (Å²) in [6.45, 7) is 2.21. The second-order valence-corrected chi connectivity index (χ2v) is 4.92. The molecular weight excluding hydrogens is 221 g/mol. The minimum atomic E-state index is -0.560. The topological polar surface area (TPSA) is 43.1 Å². The highest BCUT2D eigenvalue weighted by atomic mass is 19.1. The number of nitro benzene ring substituents is 1. The van der Waals surface area contributed by atoms with Gasteiger partial charge in [0.05, 0.1) is 11.0 Å². The Kier molecular flexibility index (Phi) is 3.41. The lowest BCUT2D eigenvalue weighted by molar-refractivity contribution is -0.385. The van der Waals surface area contributed by atoms with Gasteiger partial charge in [-0.05, 0) is 36.3 Å². The molecule has 0 N–H and O–H groups in total. The van der Waals surface area contributed by atoms with Gasteiger partial charge < -0.3 is 0 Å². The van der Waals surface area contributed by atoms with E-state index in [2.05, 4.69) is 6.92 Å². The first-order valence-corrected chi connectivity index (χ1v) is 6.01. The van der Waals surface area contributed by atoms with Crippen LogP contribution < -0.4 is 0 Å². The standard InChI is InChI=1S/C13H16FNO2/c1-9-2-4-10(5-3-9)12-7-6-11(15(16)17)8-13(12)14/h6-10H,2-5H2,1H3. The second-order valence-electron chi connectivity index (χ2n) is 4.92. The summed E-state index contributed by atoms with van der Waals surface area (Å²) < 4.78 is 13.8. The quantitative estimate of drug-likeness (QED) is 0.575. The van der Waals surface area contributed by atoms with Crippen molar-refractivity contribution in [3.05, 3.63) is 39.7 Å². The van der Waals surface area contributed by atoms with Crippen LogP contribution in [0.3, 0.4) is 0 Å². The molecule has 1 aliphatic rings. The predicted molar refractivity (Wildman–Crippen MR) is 63.4 cm³/mol. The molecule has 3 nitrogen and oxygen atoms in total. The molecular formula is C13H16FNO2. The predicted octanol–water partition coefficient (Wildman–Crippen LogP) is 4.03. The third-order valence-corrected chi connectivity index (χ3v) is 3.65. The van der Waals surface area contributed by atoms with Gasteiger partial charge in [-0.3, -0.25) is 10.1 Å². The third kappa shape index (κ3) is 2.62. The van der Waals surface area contributed by atoms with Crippen molar-refractivity contribution in [2.75, 3.05) is 0 Å². The lowest BCUT2D eigenvalue weighted by Crippen LogP contribution is -2.12. The molecule has 0 radical (unpaired) electrons. The van der Waals surface area contributed by atoms with Crippen LogP contribution in [0.1, 0.15) is 44.1 Å². The van der Waals surface area contributed by atoms with Gasteiger partial charge in [0, 0.05) is 6.07 Å². The summed E-state index contributed by atoms with van der Waals surface area (Å²) in [4.78, 5) is 9.96. The summed E-state index contributed by atoms with van der Waals surface area (Å²) in [5, 5.41) is 10.5. The Labute approximate surface area is 99.8 Å². The fraction of sp³-hybridized carbons (Fsp3) is 0.538. The molecule has 1 aromatic carbocycles. The SMILES string of the molecule is CC1CCC(c2ccc([N+](=O)[O-])cc2F)CC1. The van der Waals surface area contributed by atoms with Gasteiger partial charge in [0.25, 0.3) is 5.69 Å². The molecule has 0 amide bonds. The zero-order valence-corrected chi connectivity index (χ0v) is 9.86. The molecule has 0 bridgehead atoms. The number of rotatable bonds is 2. The Morgan fingerprint density at radius 1 is 1.29 bits per heavy atom. The van der Waals surface area contributed by atoms with Gasteiger partial charge in [-0.1, -0.05) is 19.8 Å². The first-order valence-electron chi connectivity index (χ1n) is 6.01. The molecule has 0 unspecified atom stereocenters. The summed E-state index contributed by atoms with van der Waals surface area (Å²) in [6, 6.07) is 4.01. The average Bonchev–Trinajstić information content (AvgIpc) is 2.30.